The standard InChI is InChI=1S/C22H24N6O2/c1-13(2)17-9-18(27-22(23)26-17)21(29)28-11-15-10-24-20(25-19(15)12-28)8-14-4-6-16(30-3)7-5-14/h4-7,9-10,13H,8,11-12H2,1-3H3,(H2,23,26,27). The van der Waals surface area contributed by atoms with E-state index in [1.807, 2.05) is 44.3 Å². The second kappa shape index (κ2) is 8.06. The number of amides is 1. The summed E-state index contributed by atoms with van der Waals surface area (Å²) >= 11 is 0. The number of methoxy groups -OCH3 is 1. The first-order valence-corrected chi connectivity index (χ1v) is 9.83. The van der Waals surface area contributed by atoms with E-state index in [0.29, 0.717) is 25.2 Å². The first-order chi connectivity index (χ1) is 14.4. The number of nitrogens with two attached hydrogens (primary N) is 1. The molecule has 0 atom stereocenters. The lowest BCUT2D eigenvalue weighted by atomic mass is 10.1. The number of benzene rings is 1. The Balaban J connectivity index is 1.50. The molecule has 0 saturated carbocycles. The van der Waals surface area contributed by atoms with Crippen LogP contribution in [0.25, 0.3) is 0 Å². The smallest absolute Gasteiger partial charge is 0.273 e. The largest absolute Gasteiger partial charge is 0.497 e. The van der Waals surface area contributed by atoms with Crippen molar-refractivity contribution in [3.8, 4) is 5.75 Å². The predicted molar refractivity (Wildman–Crippen MR) is 112 cm³/mol. The molecule has 3 aromatic rings. The van der Waals surface area contributed by atoms with Gasteiger partial charge in [0.15, 0.2) is 0 Å². The van der Waals surface area contributed by atoms with Gasteiger partial charge in [-0.05, 0) is 29.7 Å². The molecule has 8 heteroatoms. The lowest BCUT2D eigenvalue weighted by Crippen LogP contribution is -2.27. The second-order valence-electron chi connectivity index (χ2n) is 7.64. The number of hydrogen-bond donors (Lipinski definition) is 1. The fraction of sp³-hybridized carbons (Fsp3) is 0.318. The third-order valence-corrected chi connectivity index (χ3v) is 5.09. The molecule has 3 heterocycles. The number of carbonyl (C=O) groups excluding carboxylic acids is 1. The first kappa shape index (κ1) is 19.8. The molecular formula is C22H24N6O2. The summed E-state index contributed by atoms with van der Waals surface area (Å²) < 4.78 is 5.19. The highest BCUT2D eigenvalue weighted by atomic mass is 16.5. The molecule has 2 aromatic heterocycles. The molecule has 0 fully saturated rings. The van der Waals surface area contributed by atoms with Crippen LogP contribution < -0.4 is 10.5 Å². The number of hydrogen-bond acceptors (Lipinski definition) is 7. The van der Waals surface area contributed by atoms with Gasteiger partial charge in [0, 0.05) is 30.4 Å². The number of nitrogens with zero attached hydrogens (tertiary/aromatic N) is 5. The van der Waals surface area contributed by atoms with E-state index in [-0.39, 0.29) is 17.8 Å². The minimum Gasteiger partial charge on any atom is -0.497 e. The Morgan fingerprint density at radius 2 is 1.93 bits per heavy atom. The van der Waals surface area contributed by atoms with Crippen LogP contribution in [0, 0.1) is 0 Å². The summed E-state index contributed by atoms with van der Waals surface area (Å²) in [4.78, 5) is 32.2. The molecule has 0 bridgehead atoms. The van der Waals surface area contributed by atoms with Crippen molar-refractivity contribution >= 4 is 11.9 Å². The molecule has 8 nitrogen and oxygen atoms in total. The Labute approximate surface area is 175 Å². The van der Waals surface area contributed by atoms with Crippen molar-refractivity contribution in [3.63, 3.8) is 0 Å². The highest BCUT2D eigenvalue weighted by molar-refractivity contribution is 5.93. The van der Waals surface area contributed by atoms with E-state index in [0.717, 1.165) is 34.1 Å². The highest BCUT2D eigenvalue weighted by Gasteiger charge is 2.27. The molecule has 1 amide bonds. The number of rotatable bonds is 5. The van der Waals surface area contributed by atoms with E-state index in [9.17, 15) is 4.79 Å². The van der Waals surface area contributed by atoms with Gasteiger partial charge in [-0.1, -0.05) is 26.0 Å². The lowest BCUT2D eigenvalue weighted by molar-refractivity contribution is 0.0744. The van der Waals surface area contributed by atoms with E-state index in [4.69, 9.17) is 10.5 Å². The van der Waals surface area contributed by atoms with Gasteiger partial charge in [0.05, 0.1) is 19.3 Å². The zero-order chi connectivity index (χ0) is 21.3. The number of aromatic nitrogens is 4. The van der Waals surface area contributed by atoms with E-state index in [2.05, 4.69) is 19.9 Å². The summed E-state index contributed by atoms with van der Waals surface area (Å²) in [6, 6.07) is 9.55. The Kier molecular flexibility index (Phi) is 5.31. The van der Waals surface area contributed by atoms with Gasteiger partial charge in [-0.3, -0.25) is 4.79 Å². The maximum atomic E-state index is 13.0. The van der Waals surface area contributed by atoms with E-state index in [1.54, 1.807) is 18.1 Å². The topological polar surface area (TPSA) is 107 Å². The fourth-order valence-electron chi connectivity index (χ4n) is 3.40. The van der Waals surface area contributed by atoms with Gasteiger partial charge in [-0.2, -0.15) is 0 Å². The minimum atomic E-state index is -0.180. The summed E-state index contributed by atoms with van der Waals surface area (Å²) in [5.74, 6) is 1.63. The molecule has 1 aliphatic rings. The molecule has 0 unspecified atom stereocenters. The number of anilines is 1. The number of nitrogen functional groups attached to an aromatic ring is 1. The quantitative estimate of drug-likeness (QED) is 0.697. The Morgan fingerprint density at radius 1 is 1.17 bits per heavy atom. The van der Waals surface area contributed by atoms with Gasteiger partial charge < -0.3 is 15.4 Å². The van der Waals surface area contributed by atoms with Crippen molar-refractivity contribution in [1.29, 1.82) is 0 Å². The van der Waals surface area contributed by atoms with Crippen molar-refractivity contribution in [1.82, 2.24) is 24.8 Å². The third-order valence-electron chi connectivity index (χ3n) is 5.09. The zero-order valence-electron chi connectivity index (χ0n) is 17.3. The van der Waals surface area contributed by atoms with E-state index < -0.39 is 0 Å². The van der Waals surface area contributed by atoms with Crippen molar-refractivity contribution in [2.75, 3.05) is 12.8 Å². The summed E-state index contributed by atoms with van der Waals surface area (Å²) in [5.41, 5.74) is 9.79. The van der Waals surface area contributed by atoms with Crippen molar-refractivity contribution in [3.05, 3.63) is 70.6 Å². The van der Waals surface area contributed by atoms with Crippen molar-refractivity contribution in [2.24, 2.45) is 0 Å². The number of carbonyl (C=O) groups is 1. The molecular weight excluding hydrogens is 380 g/mol. The fourth-order valence-corrected chi connectivity index (χ4v) is 3.40. The second-order valence-corrected chi connectivity index (χ2v) is 7.64. The highest BCUT2D eigenvalue weighted by Crippen LogP contribution is 2.24. The molecule has 1 aromatic carbocycles. The van der Waals surface area contributed by atoms with Gasteiger partial charge in [0.25, 0.3) is 5.91 Å². The summed E-state index contributed by atoms with van der Waals surface area (Å²) in [7, 11) is 1.64. The Hall–Kier alpha value is -3.55. The van der Waals surface area contributed by atoms with Crippen LogP contribution >= 0.6 is 0 Å². The summed E-state index contributed by atoms with van der Waals surface area (Å²) in [6.07, 6.45) is 2.42. The van der Waals surface area contributed by atoms with Gasteiger partial charge in [0.1, 0.15) is 17.3 Å². The average molecular weight is 404 g/mol. The van der Waals surface area contributed by atoms with Gasteiger partial charge in [-0.15, -0.1) is 0 Å². The third kappa shape index (κ3) is 4.07. The van der Waals surface area contributed by atoms with Crippen LogP contribution in [0.4, 0.5) is 5.95 Å². The predicted octanol–water partition coefficient (Wildman–Crippen LogP) is 2.73. The molecule has 2 N–H and O–H groups in total. The van der Waals surface area contributed by atoms with Crippen LogP contribution in [0.5, 0.6) is 5.75 Å². The monoisotopic (exact) mass is 404 g/mol. The SMILES string of the molecule is COc1ccc(Cc2ncc3c(n2)CN(C(=O)c2cc(C(C)C)nc(N)n2)C3)cc1. The molecule has 1 aliphatic heterocycles. The minimum absolute atomic E-state index is 0.114. The Morgan fingerprint density at radius 3 is 2.63 bits per heavy atom. The zero-order valence-corrected chi connectivity index (χ0v) is 17.3. The molecule has 154 valence electrons. The lowest BCUT2D eigenvalue weighted by Gasteiger charge is -2.15. The van der Waals surface area contributed by atoms with E-state index in [1.165, 1.54) is 0 Å². The van der Waals surface area contributed by atoms with Gasteiger partial charge >= 0.3 is 0 Å². The molecule has 0 radical (unpaired) electrons. The average Bonchev–Trinajstić information content (AvgIpc) is 3.16. The van der Waals surface area contributed by atoms with Crippen LogP contribution in [0.1, 0.15) is 58.6 Å². The van der Waals surface area contributed by atoms with Crippen LogP contribution in [-0.4, -0.2) is 37.9 Å². The Bertz CT molecular complexity index is 1080. The summed E-state index contributed by atoms with van der Waals surface area (Å²) in [6.45, 7) is 4.88. The normalized spacial score (nSPS) is 12.9. The van der Waals surface area contributed by atoms with Gasteiger partial charge in [-0.25, -0.2) is 19.9 Å². The van der Waals surface area contributed by atoms with Crippen LogP contribution in [-0.2, 0) is 19.5 Å². The first-order valence-electron chi connectivity index (χ1n) is 9.83. The molecule has 4 rings (SSSR count). The number of ether oxygens (including phenoxy) is 1. The maximum Gasteiger partial charge on any atom is 0.273 e. The van der Waals surface area contributed by atoms with Crippen LogP contribution in [0.15, 0.2) is 36.5 Å². The number of fused-ring (bicyclic) bond motifs is 1. The van der Waals surface area contributed by atoms with Crippen LogP contribution in [0.2, 0.25) is 0 Å². The van der Waals surface area contributed by atoms with Crippen LogP contribution in [0.3, 0.4) is 0 Å². The van der Waals surface area contributed by atoms with E-state index >= 15 is 0 Å². The van der Waals surface area contributed by atoms with Gasteiger partial charge in [0.2, 0.25) is 5.95 Å². The van der Waals surface area contributed by atoms with Crippen molar-refractivity contribution < 1.29 is 9.53 Å². The molecule has 0 spiro atoms. The maximum absolute atomic E-state index is 13.0. The molecule has 30 heavy (non-hydrogen) atoms. The molecule has 0 saturated heterocycles. The summed E-state index contributed by atoms with van der Waals surface area (Å²) in [5, 5.41) is 0. The van der Waals surface area contributed by atoms with Crippen molar-refractivity contribution in [2.45, 2.75) is 39.3 Å². The molecule has 0 aliphatic carbocycles.